The molecule has 1 N–H and O–H groups in total. The van der Waals surface area contributed by atoms with E-state index in [0.717, 1.165) is 57.8 Å². The zero-order valence-electron chi connectivity index (χ0n) is 20.8. The Hall–Kier alpha value is -2.03. The highest BCUT2D eigenvalue weighted by atomic mass is 32.1. The molecule has 2 amide bonds. The number of likely N-dealkylation sites (tertiary alicyclic amines) is 1. The molecule has 5 fully saturated rings. The zero-order chi connectivity index (χ0) is 24.4. The minimum absolute atomic E-state index is 0.00901. The molecule has 192 valence electrons. The number of rotatable bonds is 5. The van der Waals surface area contributed by atoms with E-state index in [1.54, 1.807) is 16.4 Å². The predicted octanol–water partition coefficient (Wildman–Crippen LogP) is 3.23. The number of aliphatic hydroxyl groups is 1. The second kappa shape index (κ2) is 9.07. The third kappa shape index (κ3) is 3.63. The van der Waals surface area contributed by atoms with Gasteiger partial charge in [0.1, 0.15) is 5.82 Å². The highest BCUT2D eigenvalue weighted by Gasteiger charge is 2.65. The number of anilines is 1. The van der Waals surface area contributed by atoms with Crippen molar-refractivity contribution in [1.29, 1.82) is 0 Å². The van der Waals surface area contributed by atoms with Gasteiger partial charge < -0.3 is 10.0 Å². The van der Waals surface area contributed by atoms with E-state index >= 15 is 0 Å². The van der Waals surface area contributed by atoms with Gasteiger partial charge in [0.25, 0.3) is 0 Å². The first-order valence-corrected chi connectivity index (χ1v) is 14.7. The van der Waals surface area contributed by atoms with Crippen LogP contribution in [0.15, 0.2) is 24.3 Å². The summed E-state index contributed by atoms with van der Waals surface area (Å²) in [6, 6.07) is 8.49. The molecule has 3 aliphatic carbocycles. The standard InChI is InChI=1S/C28H36N4O3S/c33-25-20-9-10-21(25)24-23(20)27(34)32(28(24)35)16-18-6-2-1-5-17(18)15-30-11-13-31(14-12-30)26-19-7-3-4-8-22(19)36-29-26/h3-4,7-8,17-18,20-21,23-25,33H,1-2,5-6,9-16H2. The minimum atomic E-state index is -0.446. The highest BCUT2D eigenvalue weighted by molar-refractivity contribution is 7.13. The van der Waals surface area contributed by atoms with Crippen molar-refractivity contribution in [2.45, 2.75) is 44.6 Å². The Balaban J connectivity index is 0.988. The average Bonchev–Trinajstić information content (AvgIpc) is 3.63. The molecule has 7 nitrogen and oxygen atoms in total. The van der Waals surface area contributed by atoms with E-state index in [1.807, 2.05) is 0 Å². The summed E-state index contributed by atoms with van der Waals surface area (Å²) < 4.78 is 6.00. The van der Waals surface area contributed by atoms with Gasteiger partial charge in [0.05, 0.1) is 22.6 Å². The lowest BCUT2D eigenvalue weighted by molar-refractivity contribution is -0.143. The molecule has 2 saturated heterocycles. The minimum Gasteiger partial charge on any atom is -0.392 e. The molecule has 1 aromatic heterocycles. The van der Waals surface area contributed by atoms with Crippen LogP contribution >= 0.6 is 11.5 Å². The molecule has 2 bridgehead atoms. The van der Waals surface area contributed by atoms with Gasteiger partial charge in [0.15, 0.2) is 0 Å². The lowest BCUT2D eigenvalue weighted by Gasteiger charge is -2.40. The van der Waals surface area contributed by atoms with Gasteiger partial charge in [-0.1, -0.05) is 25.0 Å². The summed E-state index contributed by atoms with van der Waals surface area (Å²) >= 11 is 1.58. The van der Waals surface area contributed by atoms with Crippen LogP contribution in [0.25, 0.3) is 10.1 Å². The number of aliphatic hydroxyl groups excluding tert-OH is 1. The summed E-state index contributed by atoms with van der Waals surface area (Å²) in [6.45, 7) is 5.69. The zero-order valence-corrected chi connectivity index (χ0v) is 21.6. The summed E-state index contributed by atoms with van der Waals surface area (Å²) in [4.78, 5) is 33.3. The Morgan fingerprint density at radius 2 is 1.50 bits per heavy atom. The molecule has 5 aliphatic rings. The molecule has 3 heterocycles. The molecule has 2 aliphatic heterocycles. The van der Waals surface area contributed by atoms with Gasteiger partial charge in [0, 0.05) is 44.7 Å². The first-order chi connectivity index (χ1) is 17.6. The Bertz CT molecular complexity index is 1130. The maximum Gasteiger partial charge on any atom is 0.233 e. The SMILES string of the molecule is O=C1C2C3CCC(C3O)C2C(=O)N1CC1CCCCC1CN1CCN(c2nsc3ccccc23)CC1. The Kier molecular flexibility index (Phi) is 5.82. The van der Waals surface area contributed by atoms with Crippen LogP contribution in [0.4, 0.5) is 5.82 Å². The van der Waals surface area contributed by atoms with Gasteiger partial charge in [-0.25, -0.2) is 0 Å². The van der Waals surface area contributed by atoms with Crippen LogP contribution in [0.2, 0.25) is 0 Å². The summed E-state index contributed by atoms with van der Waals surface area (Å²) in [5, 5.41) is 11.8. The maximum atomic E-state index is 13.3. The number of fused-ring (bicyclic) bond motifs is 6. The van der Waals surface area contributed by atoms with Crippen LogP contribution in [0.5, 0.6) is 0 Å². The summed E-state index contributed by atoms with van der Waals surface area (Å²) in [5.41, 5.74) is 0. The molecule has 0 radical (unpaired) electrons. The number of imide groups is 1. The third-order valence-electron chi connectivity index (χ3n) is 10.1. The van der Waals surface area contributed by atoms with Crippen LogP contribution in [0.3, 0.4) is 0 Å². The fourth-order valence-electron chi connectivity index (χ4n) is 8.26. The van der Waals surface area contributed by atoms with Crippen molar-refractivity contribution in [2.75, 3.05) is 44.2 Å². The van der Waals surface area contributed by atoms with Gasteiger partial charge in [-0.2, -0.15) is 4.37 Å². The molecule has 1 aromatic carbocycles. The molecule has 3 saturated carbocycles. The smallest absolute Gasteiger partial charge is 0.233 e. The number of aromatic nitrogens is 1. The number of hydrogen-bond acceptors (Lipinski definition) is 7. The van der Waals surface area contributed by atoms with E-state index in [2.05, 4.69) is 34.1 Å². The topological polar surface area (TPSA) is 77.0 Å². The first kappa shape index (κ1) is 23.1. The molecular weight excluding hydrogens is 472 g/mol. The summed E-state index contributed by atoms with van der Waals surface area (Å²) in [5.74, 6) is 1.62. The molecular formula is C28H36N4O3S. The fraction of sp³-hybridized carbons (Fsp3) is 0.679. The largest absolute Gasteiger partial charge is 0.392 e. The van der Waals surface area contributed by atoms with E-state index in [-0.39, 0.29) is 35.5 Å². The Labute approximate surface area is 216 Å². The van der Waals surface area contributed by atoms with Gasteiger partial charge >= 0.3 is 0 Å². The van der Waals surface area contributed by atoms with Crippen LogP contribution in [0, 0.1) is 35.5 Å². The average molecular weight is 509 g/mol. The van der Waals surface area contributed by atoms with E-state index in [0.29, 0.717) is 18.4 Å². The summed E-state index contributed by atoms with van der Waals surface area (Å²) in [6.07, 6.45) is 6.09. The molecule has 0 spiro atoms. The quantitative estimate of drug-likeness (QED) is 0.625. The number of benzene rings is 1. The van der Waals surface area contributed by atoms with Crippen LogP contribution in [-0.2, 0) is 9.59 Å². The Morgan fingerprint density at radius 3 is 2.19 bits per heavy atom. The first-order valence-electron chi connectivity index (χ1n) is 13.9. The van der Waals surface area contributed by atoms with Gasteiger partial charge in [-0.15, -0.1) is 0 Å². The molecule has 6 unspecified atom stereocenters. The lowest BCUT2D eigenvalue weighted by Crippen LogP contribution is -2.50. The monoisotopic (exact) mass is 508 g/mol. The predicted molar refractivity (Wildman–Crippen MR) is 140 cm³/mol. The second-order valence-corrected chi connectivity index (χ2v) is 12.6. The maximum absolute atomic E-state index is 13.3. The van der Waals surface area contributed by atoms with Crippen molar-refractivity contribution < 1.29 is 14.7 Å². The molecule has 36 heavy (non-hydrogen) atoms. The van der Waals surface area contributed by atoms with Gasteiger partial charge in [0.2, 0.25) is 11.8 Å². The van der Waals surface area contributed by atoms with E-state index in [1.165, 1.54) is 29.3 Å². The number of amides is 2. The van der Waals surface area contributed by atoms with Crippen molar-refractivity contribution in [3.8, 4) is 0 Å². The van der Waals surface area contributed by atoms with E-state index in [9.17, 15) is 14.7 Å². The number of carbonyl (C=O) groups excluding carboxylic acids is 2. The molecule has 2 aromatic rings. The number of nitrogens with zero attached hydrogens (tertiary/aromatic N) is 4. The second-order valence-electron chi connectivity index (χ2n) is 11.8. The van der Waals surface area contributed by atoms with Crippen molar-refractivity contribution in [2.24, 2.45) is 35.5 Å². The lowest BCUT2D eigenvalue weighted by atomic mass is 9.78. The molecule has 6 atom stereocenters. The van der Waals surface area contributed by atoms with Crippen molar-refractivity contribution >= 4 is 39.3 Å². The van der Waals surface area contributed by atoms with Gasteiger partial charge in [-0.3, -0.25) is 19.4 Å². The van der Waals surface area contributed by atoms with Crippen LogP contribution in [-0.4, -0.2) is 76.5 Å². The van der Waals surface area contributed by atoms with E-state index in [4.69, 9.17) is 4.37 Å². The van der Waals surface area contributed by atoms with Crippen molar-refractivity contribution in [3.63, 3.8) is 0 Å². The third-order valence-corrected chi connectivity index (χ3v) is 10.9. The highest BCUT2D eigenvalue weighted by Crippen LogP contribution is 2.56. The molecule has 8 heteroatoms. The van der Waals surface area contributed by atoms with Crippen molar-refractivity contribution in [3.05, 3.63) is 24.3 Å². The number of hydrogen-bond donors (Lipinski definition) is 1. The number of carbonyl (C=O) groups is 2. The summed E-state index contributed by atoms with van der Waals surface area (Å²) in [7, 11) is 0. The van der Waals surface area contributed by atoms with Crippen molar-refractivity contribution in [1.82, 2.24) is 14.2 Å². The molecule has 7 rings (SSSR count). The Morgan fingerprint density at radius 1 is 0.861 bits per heavy atom. The normalized spacial score (nSPS) is 36.9. The number of piperazine rings is 1. The van der Waals surface area contributed by atoms with Crippen LogP contribution in [0.1, 0.15) is 38.5 Å². The van der Waals surface area contributed by atoms with E-state index < -0.39 is 6.10 Å². The van der Waals surface area contributed by atoms with Crippen LogP contribution < -0.4 is 4.90 Å². The fourth-order valence-corrected chi connectivity index (χ4v) is 9.05. The van der Waals surface area contributed by atoms with Gasteiger partial charge in [-0.05, 0) is 73.0 Å².